The van der Waals surface area contributed by atoms with Crippen LogP contribution in [0.3, 0.4) is 0 Å². The van der Waals surface area contributed by atoms with Crippen LogP contribution in [0.1, 0.15) is 6.92 Å². The highest BCUT2D eigenvalue weighted by Crippen LogP contribution is 2.21. The van der Waals surface area contributed by atoms with Crippen LogP contribution in [0.4, 0.5) is 0 Å². The summed E-state index contributed by atoms with van der Waals surface area (Å²) in [4.78, 5) is 4.30. The molecular weight excluding hydrogens is 208 g/mol. The molecule has 0 unspecified atom stereocenters. The van der Waals surface area contributed by atoms with Crippen molar-refractivity contribution in [2.45, 2.75) is 6.92 Å². The molecule has 0 saturated carbocycles. The van der Waals surface area contributed by atoms with E-state index in [0.29, 0.717) is 0 Å². The van der Waals surface area contributed by atoms with E-state index in [0.717, 1.165) is 22.1 Å². The van der Waals surface area contributed by atoms with Crippen LogP contribution in [-0.4, -0.2) is 9.55 Å². The van der Waals surface area contributed by atoms with E-state index in [2.05, 4.69) is 11.6 Å². The van der Waals surface area contributed by atoms with Crippen LogP contribution in [0.25, 0.3) is 17.1 Å². The van der Waals surface area contributed by atoms with Crippen LogP contribution < -0.4 is 0 Å². The van der Waals surface area contributed by atoms with Crippen LogP contribution in [0.5, 0.6) is 0 Å². The predicted octanol–water partition coefficient (Wildman–Crippen LogP) is 3.69. The van der Waals surface area contributed by atoms with E-state index in [9.17, 15) is 0 Å². The summed E-state index contributed by atoms with van der Waals surface area (Å²) in [6.07, 6.45) is 3.66. The Labute approximate surface area is 93.8 Å². The molecule has 2 nitrogen and oxygen atoms in total. The van der Waals surface area contributed by atoms with Gasteiger partial charge in [0.2, 0.25) is 0 Å². The summed E-state index contributed by atoms with van der Waals surface area (Å²) >= 11 is 5.83. The highest BCUT2D eigenvalue weighted by molar-refractivity contribution is 6.30. The van der Waals surface area contributed by atoms with Gasteiger partial charge in [-0.2, -0.15) is 0 Å². The fourth-order valence-corrected chi connectivity index (χ4v) is 1.55. The second-order valence-corrected chi connectivity index (χ2v) is 3.80. The Morgan fingerprint density at radius 3 is 2.60 bits per heavy atom. The highest BCUT2D eigenvalue weighted by Gasteiger charge is 2.05. The number of imidazole rings is 1. The van der Waals surface area contributed by atoms with E-state index >= 15 is 0 Å². The summed E-state index contributed by atoms with van der Waals surface area (Å²) < 4.78 is 1.95. The molecule has 2 rings (SSSR count). The van der Waals surface area contributed by atoms with Gasteiger partial charge in [-0.1, -0.05) is 18.2 Å². The number of aromatic nitrogens is 2. The van der Waals surface area contributed by atoms with E-state index in [1.807, 2.05) is 42.0 Å². The van der Waals surface area contributed by atoms with Crippen molar-refractivity contribution < 1.29 is 0 Å². The van der Waals surface area contributed by atoms with Crippen molar-refractivity contribution in [1.29, 1.82) is 0 Å². The van der Waals surface area contributed by atoms with Crippen molar-refractivity contribution >= 4 is 17.3 Å². The van der Waals surface area contributed by atoms with Crippen molar-refractivity contribution in [2.24, 2.45) is 0 Å². The lowest BCUT2D eigenvalue weighted by Gasteiger charge is -2.06. The maximum absolute atomic E-state index is 5.83. The van der Waals surface area contributed by atoms with Crippen molar-refractivity contribution in [3.05, 3.63) is 48.3 Å². The van der Waals surface area contributed by atoms with Gasteiger partial charge in [-0.25, -0.2) is 4.98 Å². The summed E-state index contributed by atoms with van der Waals surface area (Å²) in [5.41, 5.74) is 1.98. The SMILES string of the molecule is C=C(C)n1ccnc1-c1ccc(Cl)cc1. The third-order valence-corrected chi connectivity index (χ3v) is 2.41. The van der Waals surface area contributed by atoms with Gasteiger partial charge < -0.3 is 4.57 Å². The molecule has 2 aromatic rings. The number of benzene rings is 1. The van der Waals surface area contributed by atoms with E-state index in [1.54, 1.807) is 6.20 Å². The molecule has 0 aliphatic carbocycles. The number of hydrogen-bond acceptors (Lipinski definition) is 1. The number of hydrogen-bond donors (Lipinski definition) is 0. The van der Waals surface area contributed by atoms with Crippen molar-refractivity contribution in [2.75, 3.05) is 0 Å². The molecular formula is C12H11ClN2. The summed E-state index contributed by atoms with van der Waals surface area (Å²) in [5.74, 6) is 0.888. The Morgan fingerprint density at radius 1 is 1.33 bits per heavy atom. The molecule has 0 amide bonds. The van der Waals surface area contributed by atoms with Gasteiger partial charge in [-0.15, -0.1) is 0 Å². The molecule has 1 aromatic carbocycles. The Bertz CT molecular complexity index is 483. The number of nitrogens with zero attached hydrogens (tertiary/aromatic N) is 2. The lowest BCUT2D eigenvalue weighted by molar-refractivity contribution is 1.09. The predicted molar refractivity (Wildman–Crippen MR) is 63.7 cm³/mol. The monoisotopic (exact) mass is 218 g/mol. The van der Waals surface area contributed by atoms with Gasteiger partial charge in [0.05, 0.1) is 0 Å². The van der Waals surface area contributed by atoms with Crippen molar-refractivity contribution in [3.63, 3.8) is 0 Å². The summed E-state index contributed by atoms with van der Waals surface area (Å²) in [6, 6.07) is 7.61. The molecule has 0 aliphatic heterocycles. The lowest BCUT2D eigenvalue weighted by Crippen LogP contribution is -1.94. The molecule has 0 radical (unpaired) electrons. The zero-order valence-electron chi connectivity index (χ0n) is 8.44. The first kappa shape index (κ1) is 9.99. The molecule has 0 aliphatic rings. The first-order chi connectivity index (χ1) is 7.18. The van der Waals surface area contributed by atoms with Gasteiger partial charge >= 0.3 is 0 Å². The molecule has 0 saturated heterocycles. The molecule has 0 atom stereocenters. The van der Waals surface area contributed by atoms with E-state index in [-0.39, 0.29) is 0 Å². The van der Waals surface area contributed by atoms with Crippen LogP contribution >= 0.6 is 11.6 Å². The number of halogens is 1. The first-order valence-corrected chi connectivity index (χ1v) is 5.01. The third-order valence-electron chi connectivity index (χ3n) is 2.15. The summed E-state index contributed by atoms with van der Waals surface area (Å²) in [6.45, 7) is 5.84. The van der Waals surface area contributed by atoms with Gasteiger partial charge in [-0.3, -0.25) is 0 Å². The average Bonchev–Trinajstić information content (AvgIpc) is 2.67. The molecule has 0 bridgehead atoms. The summed E-state index contributed by atoms with van der Waals surface area (Å²) in [5, 5.41) is 0.729. The fraction of sp³-hybridized carbons (Fsp3) is 0.0833. The van der Waals surface area contributed by atoms with Crippen molar-refractivity contribution in [1.82, 2.24) is 9.55 Å². The minimum absolute atomic E-state index is 0.729. The molecule has 1 heterocycles. The second kappa shape index (κ2) is 3.91. The van der Waals surface area contributed by atoms with Gasteiger partial charge in [-0.05, 0) is 31.2 Å². The topological polar surface area (TPSA) is 17.8 Å². The van der Waals surface area contributed by atoms with Gasteiger partial charge in [0, 0.05) is 28.7 Å². The normalized spacial score (nSPS) is 10.3. The Morgan fingerprint density at radius 2 is 2.00 bits per heavy atom. The lowest BCUT2D eigenvalue weighted by atomic mass is 10.2. The van der Waals surface area contributed by atoms with Gasteiger partial charge in [0.15, 0.2) is 0 Å². The molecule has 76 valence electrons. The minimum Gasteiger partial charge on any atom is -0.304 e. The average molecular weight is 219 g/mol. The smallest absolute Gasteiger partial charge is 0.144 e. The quantitative estimate of drug-likeness (QED) is 0.752. The van der Waals surface area contributed by atoms with E-state index < -0.39 is 0 Å². The third kappa shape index (κ3) is 1.95. The molecule has 0 spiro atoms. The largest absolute Gasteiger partial charge is 0.304 e. The zero-order valence-corrected chi connectivity index (χ0v) is 9.20. The van der Waals surface area contributed by atoms with Gasteiger partial charge in [0.1, 0.15) is 5.82 Å². The van der Waals surface area contributed by atoms with E-state index in [4.69, 9.17) is 11.6 Å². The standard InChI is InChI=1S/C12H11ClN2/c1-9(2)15-8-7-14-12(15)10-3-5-11(13)6-4-10/h3-8H,1H2,2H3. The van der Waals surface area contributed by atoms with Crippen LogP contribution in [0, 0.1) is 0 Å². The van der Waals surface area contributed by atoms with Crippen LogP contribution in [-0.2, 0) is 0 Å². The molecule has 15 heavy (non-hydrogen) atoms. The molecule has 3 heteroatoms. The van der Waals surface area contributed by atoms with Crippen LogP contribution in [0.15, 0.2) is 43.2 Å². The molecule has 1 aromatic heterocycles. The fourth-order valence-electron chi connectivity index (χ4n) is 1.42. The minimum atomic E-state index is 0.729. The summed E-state index contributed by atoms with van der Waals surface area (Å²) in [7, 11) is 0. The molecule has 0 fully saturated rings. The van der Waals surface area contributed by atoms with Gasteiger partial charge in [0.25, 0.3) is 0 Å². The highest BCUT2D eigenvalue weighted by atomic mass is 35.5. The number of allylic oxidation sites excluding steroid dienone is 1. The Balaban J connectivity index is 2.49. The number of rotatable bonds is 2. The zero-order chi connectivity index (χ0) is 10.8. The Hall–Kier alpha value is -1.54. The maximum Gasteiger partial charge on any atom is 0.144 e. The molecule has 0 N–H and O–H groups in total. The van der Waals surface area contributed by atoms with Crippen molar-refractivity contribution in [3.8, 4) is 11.4 Å². The van der Waals surface area contributed by atoms with E-state index in [1.165, 1.54) is 0 Å². The maximum atomic E-state index is 5.83. The van der Waals surface area contributed by atoms with Crippen LogP contribution in [0.2, 0.25) is 5.02 Å². The Kier molecular flexibility index (Phi) is 2.60. The second-order valence-electron chi connectivity index (χ2n) is 3.36. The first-order valence-electron chi connectivity index (χ1n) is 4.63.